The van der Waals surface area contributed by atoms with Crippen molar-refractivity contribution in [3.8, 4) is 0 Å². The Morgan fingerprint density at radius 2 is 1.88 bits per heavy atom. The van der Waals surface area contributed by atoms with E-state index in [4.69, 9.17) is 23.2 Å². The van der Waals surface area contributed by atoms with Gasteiger partial charge < -0.3 is 10.6 Å². The number of benzene rings is 2. The predicted molar refractivity (Wildman–Crippen MR) is 91.8 cm³/mol. The molecule has 0 aromatic heterocycles. The van der Waals surface area contributed by atoms with E-state index in [0.717, 1.165) is 6.07 Å². The summed E-state index contributed by atoms with van der Waals surface area (Å²) in [5.41, 5.74) is 0.822. The van der Waals surface area contributed by atoms with E-state index in [2.05, 4.69) is 10.6 Å². The molecule has 0 saturated carbocycles. The molecule has 0 saturated heterocycles. The Morgan fingerprint density at radius 3 is 2.58 bits per heavy atom. The van der Waals surface area contributed by atoms with Gasteiger partial charge in [-0.25, -0.2) is 4.39 Å². The first kappa shape index (κ1) is 18.2. The maximum absolute atomic E-state index is 13.1. The second kappa shape index (κ2) is 8.13. The number of amides is 2. The van der Waals surface area contributed by atoms with Crippen LogP contribution in [0.15, 0.2) is 42.5 Å². The average Bonchev–Trinajstić information content (AvgIpc) is 2.55. The van der Waals surface area contributed by atoms with Gasteiger partial charge in [0.05, 0.1) is 22.6 Å². The van der Waals surface area contributed by atoms with Crippen molar-refractivity contribution in [2.45, 2.75) is 13.0 Å². The molecule has 0 fully saturated rings. The van der Waals surface area contributed by atoms with Crippen LogP contribution in [0.3, 0.4) is 0 Å². The van der Waals surface area contributed by atoms with Crippen molar-refractivity contribution in [2.24, 2.45) is 0 Å². The highest BCUT2D eigenvalue weighted by molar-refractivity contribution is 6.42. The fraction of sp³-hybridized carbons (Fsp3) is 0.176. The summed E-state index contributed by atoms with van der Waals surface area (Å²) in [6, 6.07) is 9.98. The number of nitrogens with one attached hydrogen (secondary N) is 2. The maximum Gasteiger partial charge on any atom is 0.251 e. The average molecular weight is 369 g/mol. The largest absolute Gasteiger partial charge is 0.348 e. The normalized spacial score (nSPS) is 11.7. The first-order valence-corrected chi connectivity index (χ1v) is 7.91. The Kier molecular flexibility index (Phi) is 6.17. The molecular weight excluding hydrogens is 354 g/mol. The van der Waals surface area contributed by atoms with Gasteiger partial charge in [0.2, 0.25) is 5.91 Å². The zero-order chi connectivity index (χ0) is 17.7. The van der Waals surface area contributed by atoms with Gasteiger partial charge in [-0.2, -0.15) is 0 Å². The van der Waals surface area contributed by atoms with Crippen LogP contribution < -0.4 is 10.6 Å². The van der Waals surface area contributed by atoms with Gasteiger partial charge in [0.1, 0.15) is 5.82 Å². The van der Waals surface area contributed by atoms with Gasteiger partial charge in [-0.1, -0.05) is 41.4 Å². The van der Waals surface area contributed by atoms with Gasteiger partial charge in [0.25, 0.3) is 5.91 Å². The predicted octanol–water partition coefficient (Wildman–Crippen LogP) is 3.74. The molecule has 0 radical (unpaired) electrons. The topological polar surface area (TPSA) is 58.2 Å². The third kappa shape index (κ3) is 4.69. The van der Waals surface area contributed by atoms with Crippen LogP contribution in [0.1, 0.15) is 28.9 Å². The zero-order valence-electron chi connectivity index (χ0n) is 12.8. The van der Waals surface area contributed by atoms with Gasteiger partial charge in [0.15, 0.2) is 0 Å². The van der Waals surface area contributed by atoms with Gasteiger partial charge in [-0.3, -0.25) is 9.59 Å². The van der Waals surface area contributed by atoms with Gasteiger partial charge >= 0.3 is 0 Å². The lowest BCUT2D eigenvalue weighted by molar-refractivity contribution is -0.120. The molecule has 2 aromatic carbocycles. The number of hydrogen-bond acceptors (Lipinski definition) is 2. The lowest BCUT2D eigenvalue weighted by Crippen LogP contribution is -2.38. The van der Waals surface area contributed by atoms with Gasteiger partial charge in [-0.15, -0.1) is 0 Å². The number of carbonyl (C=O) groups is 2. The maximum atomic E-state index is 13.1. The molecule has 0 spiro atoms. The SMILES string of the molecule is CC(NC(=O)CNC(=O)c1cccc(F)c1)c1cccc(Cl)c1Cl. The Balaban J connectivity index is 1.91. The minimum atomic E-state index is -0.530. The standard InChI is InChI=1S/C17H15Cl2FN2O2/c1-10(13-6-3-7-14(18)16(13)19)22-15(23)9-21-17(24)11-4-2-5-12(20)8-11/h2-8,10H,9H2,1H3,(H,21,24)(H,22,23). The summed E-state index contributed by atoms with van der Waals surface area (Å²) >= 11 is 12.1. The van der Waals surface area contributed by atoms with E-state index in [1.54, 1.807) is 25.1 Å². The highest BCUT2D eigenvalue weighted by Gasteiger charge is 2.15. The van der Waals surface area contributed by atoms with Crippen LogP contribution in [0.2, 0.25) is 10.0 Å². The van der Waals surface area contributed by atoms with Crippen LogP contribution >= 0.6 is 23.2 Å². The number of rotatable bonds is 5. The molecule has 2 N–H and O–H groups in total. The molecule has 0 aliphatic carbocycles. The second-order valence-electron chi connectivity index (χ2n) is 5.13. The highest BCUT2D eigenvalue weighted by atomic mass is 35.5. The van der Waals surface area contributed by atoms with Crippen LogP contribution in [0, 0.1) is 5.82 Å². The molecule has 7 heteroatoms. The van der Waals surface area contributed by atoms with Crippen LogP contribution in [-0.2, 0) is 4.79 Å². The van der Waals surface area contributed by atoms with Crippen molar-refractivity contribution in [1.82, 2.24) is 10.6 Å². The summed E-state index contributed by atoms with van der Waals surface area (Å²) < 4.78 is 13.1. The Bertz CT molecular complexity index is 768. The molecule has 2 amide bonds. The van der Waals surface area contributed by atoms with E-state index in [-0.39, 0.29) is 18.2 Å². The third-order valence-corrected chi connectivity index (χ3v) is 4.16. The number of halogens is 3. The Labute approximate surface area is 149 Å². The number of hydrogen-bond donors (Lipinski definition) is 2. The minimum absolute atomic E-state index is 0.147. The van der Waals surface area contributed by atoms with Crippen LogP contribution in [0.5, 0.6) is 0 Å². The summed E-state index contributed by atoms with van der Waals surface area (Å²) in [6.07, 6.45) is 0. The molecule has 0 aliphatic rings. The fourth-order valence-corrected chi connectivity index (χ4v) is 2.59. The van der Waals surface area contributed by atoms with E-state index in [9.17, 15) is 14.0 Å². The quantitative estimate of drug-likeness (QED) is 0.844. The molecule has 0 aliphatic heterocycles. The highest BCUT2D eigenvalue weighted by Crippen LogP contribution is 2.29. The van der Waals surface area contributed by atoms with Crippen molar-refractivity contribution in [1.29, 1.82) is 0 Å². The minimum Gasteiger partial charge on any atom is -0.348 e. The summed E-state index contributed by atoms with van der Waals surface area (Å²) in [5.74, 6) is -1.45. The van der Waals surface area contributed by atoms with Crippen molar-refractivity contribution < 1.29 is 14.0 Å². The van der Waals surface area contributed by atoms with Crippen molar-refractivity contribution in [2.75, 3.05) is 6.54 Å². The molecule has 2 aromatic rings. The smallest absolute Gasteiger partial charge is 0.251 e. The molecule has 0 heterocycles. The van der Waals surface area contributed by atoms with Gasteiger partial charge in [-0.05, 0) is 36.8 Å². The molecule has 1 unspecified atom stereocenters. The van der Waals surface area contributed by atoms with E-state index in [1.807, 2.05) is 0 Å². The molecular formula is C17H15Cl2FN2O2. The summed E-state index contributed by atoms with van der Waals surface area (Å²) in [7, 11) is 0. The molecule has 2 rings (SSSR count). The van der Waals surface area contributed by atoms with Crippen molar-refractivity contribution >= 4 is 35.0 Å². The summed E-state index contributed by atoms with van der Waals surface area (Å²) in [4.78, 5) is 23.8. The molecule has 1 atom stereocenters. The van der Waals surface area contributed by atoms with E-state index >= 15 is 0 Å². The first-order valence-electron chi connectivity index (χ1n) is 7.15. The summed E-state index contributed by atoms with van der Waals surface area (Å²) in [5, 5.41) is 5.91. The molecule has 4 nitrogen and oxygen atoms in total. The number of carbonyl (C=O) groups excluding carboxylic acids is 2. The lowest BCUT2D eigenvalue weighted by Gasteiger charge is -2.16. The van der Waals surface area contributed by atoms with Crippen molar-refractivity contribution in [3.63, 3.8) is 0 Å². The van der Waals surface area contributed by atoms with E-state index in [0.29, 0.717) is 15.6 Å². The van der Waals surface area contributed by atoms with Crippen LogP contribution in [0.25, 0.3) is 0 Å². The zero-order valence-corrected chi connectivity index (χ0v) is 14.3. The van der Waals surface area contributed by atoms with E-state index < -0.39 is 17.6 Å². The second-order valence-corrected chi connectivity index (χ2v) is 5.91. The lowest BCUT2D eigenvalue weighted by atomic mass is 10.1. The fourth-order valence-electron chi connectivity index (χ4n) is 2.12. The summed E-state index contributed by atoms with van der Waals surface area (Å²) in [6.45, 7) is 1.52. The molecule has 0 bridgehead atoms. The van der Waals surface area contributed by atoms with Crippen molar-refractivity contribution in [3.05, 3.63) is 69.5 Å². The van der Waals surface area contributed by atoms with E-state index in [1.165, 1.54) is 18.2 Å². The van der Waals surface area contributed by atoms with Crippen LogP contribution in [0.4, 0.5) is 4.39 Å². The Morgan fingerprint density at radius 1 is 1.17 bits per heavy atom. The molecule has 126 valence electrons. The van der Waals surface area contributed by atoms with Gasteiger partial charge in [0, 0.05) is 5.56 Å². The Hall–Kier alpha value is -2.11. The monoisotopic (exact) mass is 368 g/mol. The first-order chi connectivity index (χ1) is 11.4. The van der Waals surface area contributed by atoms with Crippen LogP contribution in [-0.4, -0.2) is 18.4 Å². The third-order valence-electron chi connectivity index (χ3n) is 3.32. The molecule has 24 heavy (non-hydrogen) atoms.